The lowest BCUT2D eigenvalue weighted by Gasteiger charge is -2.20. The first-order valence-electron chi connectivity index (χ1n) is 6.70. The van der Waals surface area contributed by atoms with Gasteiger partial charge in [-0.2, -0.15) is 0 Å². The minimum atomic E-state index is -0.148. The summed E-state index contributed by atoms with van der Waals surface area (Å²) in [5.74, 6) is 0.385. The van der Waals surface area contributed by atoms with Crippen molar-refractivity contribution in [2.75, 3.05) is 19.6 Å². The molecular formula is C14H20ClN3O. The van der Waals surface area contributed by atoms with Crippen molar-refractivity contribution in [1.82, 2.24) is 15.2 Å². The van der Waals surface area contributed by atoms with Gasteiger partial charge in [-0.15, -0.1) is 0 Å². The second-order valence-electron chi connectivity index (χ2n) is 5.31. The van der Waals surface area contributed by atoms with Crippen molar-refractivity contribution in [1.29, 1.82) is 0 Å². The van der Waals surface area contributed by atoms with Crippen molar-refractivity contribution in [2.24, 2.45) is 5.92 Å². The zero-order valence-corrected chi connectivity index (χ0v) is 12.2. The van der Waals surface area contributed by atoms with E-state index in [1.165, 1.54) is 0 Å². The quantitative estimate of drug-likeness (QED) is 0.920. The second-order valence-corrected chi connectivity index (χ2v) is 5.75. The van der Waals surface area contributed by atoms with Crippen molar-refractivity contribution < 1.29 is 4.79 Å². The van der Waals surface area contributed by atoms with Crippen LogP contribution in [0.25, 0.3) is 0 Å². The van der Waals surface area contributed by atoms with E-state index in [0.717, 1.165) is 19.5 Å². The molecule has 2 heterocycles. The summed E-state index contributed by atoms with van der Waals surface area (Å²) in [6.07, 6.45) is 2.69. The maximum Gasteiger partial charge on any atom is 0.269 e. The Balaban J connectivity index is 1.82. The SMILES string of the molecule is CC(C)N1CCC(CNC(=O)c2cc(Cl)ccn2)C1. The van der Waals surface area contributed by atoms with Crippen LogP contribution < -0.4 is 5.32 Å². The molecule has 1 atom stereocenters. The van der Waals surface area contributed by atoms with Gasteiger partial charge in [-0.3, -0.25) is 9.78 Å². The molecule has 4 nitrogen and oxygen atoms in total. The van der Waals surface area contributed by atoms with Crippen molar-refractivity contribution in [2.45, 2.75) is 26.3 Å². The molecule has 2 rings (SSSR count). The third-order valence-corrected chi connectivity index (χ3v) is 3.79. The van der Waals surface area contributed by atoms with Gasteiger partial charge in [0.05, 0.1) is 0 Å². The fourth-order valence-corrected chi connectivity index (χ4v) is 2.51. The van der Waals surface area contributed by atoms with Gasteiger partial charge >= 0.3 is 0 Å². The number of carbonyl (C=O) groups is 1. The van der Waals surface area contributed by atoms with E-state index in [9.17, 15) is 4.79 Å². The number of carbonyl (C=O) groups excluding carboxylic acids is 1. The Hall–Kier alpha value is -1.13. The van der Waals surface area contributed by atoms with Gasteiger partial charge in [-0.1, -0.05) is 11.6 Å². The van der Waals surface area contributed by atoms with Crippen molar-refractivity contribution in [3.8, 4) is 0 Å². The topological polar surface area (TPSA) is 45.2 Å². The molecule has 1 aliphatic heterocycles. The Morgan fingerprint density at radius 3 is 3.05 bits per heavy atom. The van der Waals surface area contributed by atoms with Gasteiger partial charge in [0.2, 0.25) is 0 Å². The van der Waals surface area contributed by atoms with Crippen LogP contribution in [0.4, 0.5) is 0 Å². The summed E-state index contributed by atoms with van der Waals surface area (Å²) < 4.78 is 0. The predicted molar refractivity (Wildman–Crippen MR) is 76.4 cm³/mol. The van der Waals surface area contributed by atoms with Crippen LogP contribution in [0.5, 0.6) is 0 Å². The molecule has 0 aliphatic carbocycles. The summed E-state index contributed by atoms with van der Waals surface area (Å²) in [5.41, 5.74) is 0.381. The Kier molecular flexibility index (Phi) is 4.77. The number of aromatic nitrogens is 1. The number of likely N-dealkylation sites (tertiary alicyclic amines) is 1. The molecule has 0 bridgehead atoms. The van der Waals surface area contributed by atoms with E-state index in [0.29, 0.717) is 29.2 Å². The van der Waals surface area contributed by atoms with Crippen LogP contribution in [0.1, 0.15) is 30.8 Å². The van der Waals surface area contributed by atoms with E-state index in [4.69, 9.17) is 11.6 Å². The third kappa shape index (κ3) is 3.91. The van der Waals surface area contributed by atoms with Crippen molar-refractivity contribution in [3.63, 3.8) is 0 Å². The van der Waals surface area contributed by atoms with Crippen LogP contribution in [0, 0.1) is 5.92 Å². The normalized spacial score (nSPS) is 19.9. The molecule has 0 radical (unpaired) electrons. The molecule has 1 unspecified atom stereocenters. The largest absolute Gasteiger partial charge is 0.350 e. The van der Waals surface area contributed by atoms with Gasteiger partial charge in [0, 0.05) is 30.4 Å². The molecule has 104 valence electrons. The Morgan fingerprint density at radius 2 is 2.42 bits per heavy atom. The highest BCUT2D eigenvalue weighted by Crippen LogP contribution is 2.17. The standard InChI is InChI=1S/C14H20ClN3O/c1-10(2)18-6-4-11(9-18)8-17-14(19)13-7-12(15)3-5-16-13/h3,5,7,10-11H,4,6,8-9H2,1-2H3,(H,17,19). The van der Waals surface area contributed by atoms with Gasteiger partial charge in [0.15, 0.2) is 0 Å². The summed E-state index contributed by atoms with van der Waals surface area (Å²) in [6, 6.07) is 3.83. The number of nitrogens with one attached hydrogen (secondary N) is 1. The summed E-state index contributed by atoms with van der Waals surface area (Å²) in [7, 11) is 0. The van der Waals surface area contributed by atoms with Crippen LogP contribution in [-0.4, -0.2) is 41.5 Å². The van der Waals surface area contributed by atoms with E-state index in [2.05, 4.69) is 29.0 Å². The smallest absolute Gasteiger partial charge is 0.269 e. The molecule has 1 saturated heterocycles. The van der Waals surface area contributed by atoms with E-state index in [1.807, 2.05) is 0 Å². The molecule has 0 spiro atoms. The molecular weight excluding hydrogens is 262 g/mol. The van der Waals surface area contributed by atoms with Crippen LogP contribution >= 0.6 is 11.6 Å². The maximum absolute atomic E-state index is 11.9. The molecule has 19 heavy (non-hydrogen) atoms. The highest BCUT2D eigenvalue weighted by molar-refractivity contribution is 6.30. The summed E-state index contributed by atoms with van der Waals surface area (Å²) in [6.45, 7) is 7.29. The minimum absolute atomic E-state index is 0.148. The maximum atomic E-state index is 11.9. The summed E-state index contributed by atoms with van der Waals surface area (Å²) >= 11 is 5.84. The van der Waals surface area contributed by atoms with Gasteiger partial charge in [0.25, 0.3) is 5.91 Å². The van der Waals surface area contributed by atoms with Gasteiger partial charge < -0.3 is 10.2 Å². The summed E-state index contributed by atoms with van der Waals surface area (Å²) in [5, 5.41) is 3.48. The van der Waals surface area contributed by atoms with Gasteiger partial charge in [-0.25, -0.2) is 0 Å². The number of halogens is 1. The number of amides is 1. The van der Waals surface area contributed by atoms with E-state index in [-0.39, 0.29) is 5.91 Å². The Bertz CT molecular complexity index is 450. The number of rotatable bonds is 4. The fraction of sp³-hybridized carbons (Fsp3) is 0.571. The van der Waals surface area contributed by atoms with Gasteiger partial charge in [-0.05, 0) is 44.9 Å². The Morgan fingerprint density at radius 1 is 1.63 bits per heavy atom. The van der Waals surface area contributed by atoms with E-state index in [1.54, 1.807) is 18.3 Å². The first-order valence-corrected chi connectivity index (χ1v) is 7.08. The van der Waals surface area contributed by atoms with Crippen LogP contribution in [0.2, 0.25) is 5.02 Å². The molecule has 1 N–H and O–H groups in total. The molecule has 1 aromatic heterocycles. The molecule has 1 aliphatic rings. The molecule has 1 aromatic rings. The first-order chi connectivity index (χ1) is 9.06. The number of hydrogen-bond acceptors (Lipinski definition) is 3. The lowest BCUT2D eigenvalue weighted by atomic mass is 10.1. The zero-order valence-electron chi connectivity index (χ0n) is 11.4. The third-order valence-electron chi connectivity index (χ3n) is 3.55. The van der Waals surface area contributed by atoms with Gasteiger partial charge in [0.1, 0.15) is 5.69 Å². The minimum Gasteiger partial charge on any atom is -0.350 e. The number of hydrogen-bond donors (Lipinski definition) is 1. The van der Waals surface area contributed by atoms with Crippen molar-refractivity contribution >= 4 is 17.5 Å². The number of pyridine rings is 1. The summed E-state index contributed by atoms with van der Waals surface area (Å²) in [4.78, 5) is 18.4. The van der Waals surface area contributed by atoms with Crippen LogP contribution in [-0.2, 0) is 0 Å². The number of nitrogens with zero attached hydrogens (tertiary/aromatic N) is 2. The van der Waals surface area contributed by atoms with E-state index < -0.39 is 0 Å². The monoisotopic (exact) mass is 281 g/mol. The zero-order chi connectivity index (χ0) is 13.8. The predicted octanol–water partition coefficient (Wildman–Crippen LogP) is 2.20. The molecule has 5 heteroatoms. The van der Waals surface area contributed by atoms with Crippen LogP contribution in [0.15, 0.2) is 18.3 Å². The highest BCUT2D eigenvalue weighted by atomic mass is 35.5. The Labute approximate surface area is 119 Å². The lowest BCUT2D eigenvalue weighted by molar-refractivity contribution is 0.0942. The average molecular weight is 282 g/mol. The fourth-order valence-electron chi connectivity index (χ4n) is 2.35. The van der Waals surface area contributed by atoms with E-state index >= 15 is 0 Å². The lowest BCUT2D eigenvalue weighted by Crippen LogP contribution is -2.33. The highest BCUT2D eigenvalue weighted by Gasteiger charge is 2.24. The molecule has 0 aromatic carbocycles. The first kappa shape index (κ1) is 14.3. The molecule has 0 saturated carbocycles. The average Bonchev–Trinajstić information content (AvgIpc) is 2.85. The van der Waals surface area contributed by atoms with Crippen LogP contribution in [0.3, 0.4) is 0 Å². The molecule has 1 amide bonds. The van der Waals surface area contributed by atoms with Crippen molar-refractivity contribution in [3.05, 3.63) is 29.0 Å². The second kappa shape index (κ2) is 6.35. The molecule has 1 fully saturated rings.